The first-order chi connectivity index (χ1) is 9.11. The molecule has 19 heavy (non-hydrogen) atoms. The van der Waals surface area contributed by atoms with Gasteiger partial charge in [0.2, 0.25) is 0 Å². The molecule has 0 aliphatic carbocycles. The number of hydrogen-bond acceptors (Lipinski definition) is 3. The van der Waals surface area contributed by atoms with E-state index in [-0.39, 0.29) is 11.8 Å². The molecular weight excluding hydrogens is 240 g/mol. The fourth-order valence-corrected chi connectivity index (χ4v) is 1.62. The number of amides is 1. The lowest BCUT2D eigenvalue weighted by Crippen LogP contribution is -2.13. The summed E-state index contributed by atoms with van der Waals surface area (Å²) in [5, 5.41) is 18.4. The summed E-state index contributed by atoms with van der Waals surface area (Å²) in [6.45, 7) is 4.03. The van der Waals surface area contributed by atoms with Crippen LogP contribution in [0.3, 0.4) is 0 Å². The molecule has 1 aromatic carbocycles. The Kier molecular flexibility index (Phi) is 3.62. The van der Waals surface area contributed by atoms with Crippen LogP contribution in [0.25, 0.3) is 0 Å². The van der Waals surface area contributed by atoms with E-state index in [9.17, 15) is 4.79 Å². The van der Waals surface area contributed by atoms with Gasteiger partial charge < -0.3 is 5.32 Å². The number of carbonyl (C=O) groups is 1. The van der Waals surface area contributed by atoms with Crippen molar-refractivity contribution in [2.75, 3.05) is 5.32 Å². The number of aromatic amines is 1. The maximum atomic E-state index is 12.0. The lowest BCUT2D eigenvalue weighted by Gasteiger charge is -2.04. The lowest BCUT2D eigenvalue weighted by molar-refractivity contribution is 0.102. The van der Waals surface area contributed by atoms with Crippen molar-refractivity contribution in [3.05, 3.63) is 47.3 Å². The van der Waals surface area contributed by atoms with Crippen LogP contribution in [0.15, 0.2) is 30.3 Å². The largest absolute Gasteiger partial charge is 0.319 e. The van der Waals surface area contributed by atoms with E-state index >= 15 is 0 Å². The number of nitriles is 1. The Bertz CT molecular complexity index is 637. The monoisotopic (exact) mass is 254 g/mol. The SMILES string of the molecule is CC(C)c1cc(C(=O)Nc2ccccc2C#N)n[nH]1. The minimum absolute atomic E-state index is 0.278. The second-order valence-electron chi connectivity index (χ2n) is 4.47. The molecule has 1 aromatic heterocycles. The molecule has 0 aliphatic rings. The number of carbonyl (C=O) groups excluding carboxylic acids is 1. The van der Waals surface area contributed by atoms with Crippen molar-refractivity contribution in [2.45, 2.75) is 19.8 Å². The van der Waals surface area contributed by atoms with Crippen LogP contribution in [-0.2, 0) is 0 Å². The van der Waals surface area contributed by atoms with E-state index in [1.807, 2.05) is 19.9 Å². The molecule has 0 unspecified atom stereocenters. The highest BCUT2D eigenvalue weighted by Crippen LogP contribution is 2.16. The zero-order valence-corrected chi connectivity index (χ0v) is 10.8. The quantitative estimate of drug-likeness (QED) is 0.883. The van der Waals surface area contributed by atoms with Gasteiger partial charge in [-0.25, -0.2) is 0 Å². The Balaban J connectivity index is 2.19. The molecular formula is C14H14N4O. The van der Waals surface area contributed by atoms with Gasteiger partial charge >= 0.3 is 0 Å². The number of anilines is 1. The molecule has 1 heterocycles. The van der Waals surface area contributed by atoms with Crippen LogP contribution >= 0.6 is 0 Å². The number of para-hydroxylation sites is 1. The second-order valence-corrected chi connectivity index (χ2v) is 4.47. The van der Waals surface area contributed by atoms with Gasteiger partial charge in [-0.15, -0.1) is 0 Å². The van der Waals surface area contributed by atoms with Crippen molar-refractivity contribution in [3.8, 4) is 6.07 Å². The van der Waals surface area contributed by atoms with Crippen LogP contribution in [0.1, 0.15) is 41.5 Å². The number of hydrogen-bond donors (Lipinski definition) is 2. The van der Waals surface area contributed by atoms with Crippen molar-refractivity contribution in [1.82, 2.24) is 10.2 Å². The van der Waals surface area contributed by atoms with Crippen LogP contribution in [-0.4, -0.2) is 16.1 Å². The van der Waals surface area contributed by atoms with E-state index in [1.54, 1.807) is 30.3 Å². The summed E-state index contributed by atoms with van der Waals surface area (Å²) in [6, 6.07) is 10.6. The summed E-state index contributed by atoms with van der Waals surface area (Å²) in [5.41, 5.74) is 2.13. The Labute approximate surface area is 111 Å². The lowest BCUT2D eigenvalue weighted by atomic mass is 10.1. The average Bonchev–Trinajstić information content (AvgIpc) is 2.89. The third-order valence-corrected chi connectivity index (χ3v) is 2.75. The highest BCUT2D eigenvalue weighted by atomic mass is 16.1. The second kappa shape index (κ2) is 5.36. The number of nitrogens with one attached hydrogen (secondary N) is 2. The smallest absolute Gasteiger partial charge is 0.276 e. The molecule has 0 saturated carbocycles. The van der Waals surface area contributed by atoms with Gasteiger partial charge in [-0.05, 0) is 24.1 Å². The number of nitrogens with zero attached hydrogens (tertiary/aromatic N) is 2. The van der Waals surface area contributed by atoms with Crippen LogP contribution in [0.5, 0.6) is 0 Å². The molecule has 5 heteroatoms. The van der Waals surface area contributed by atoms with Gasteiger partial charge in [0.1, 0.15) is 6.07 Å². The summed E-state index contributed by atoms with van der Waals surface area (Å²) < 4.78 is 0. The van der Waals surface area contributed by atoms with Crippen molar-refractivity contribution < 1.29 is 4.79 Å². The summed E-state index contributed by atoms with van der Waals surface area (Å²) in [6.07, 6.45) is 0. The number of rotatable bonds is 3. The molecule has 96 valence electrons. The average molecular weight is 254 g/mol. The molecule has 2 N–H and O–H groups in total. The maximum absolute atomic E-state index is 12.0. The van der Waals surface area contributed by atoms with E-state index in [1.165, 1.54) is 0 Å². The van der Waals surface area contributed by atoms with Crippen LogP contribution in [0, 0.1) is 11.3 Å². The molecule has 0 atom stereocenters. The molecule has 0 saturated heterocycles. The zero-order chi connectivity index (χ0) is 13.8. The zero-order valence-electron chi connectivity index (χ0n) is 10.8. The molecule has 0 bridgehead atoms. The standard InChI is InChI=1S/C14H14N4O/c1-9(2)12-7-13(18-17-12)14(19)16-11-6-4-3-5-10(11)8-15/h3-7,9H,1-2H3,(H,16,19)(H,17,18). The maximum Gasteiger partial charge on any atom is 0.276 e. The summed E-state index contributed by atoms with van der Waals surface area (Å²) in [5.74, 6) is -0.0497. The van der Waals surface area contributed by atoms with Crippen molar-refractivity contribution in [3.63, 3.8) is 0 Å². The Morgan fingerprint density at radius 1 is 1.42 bits per heavy atom. The Morgan fingerprint density at radius 2 is 2.16 bits per heavy atom. The van der Waals surface area contributed by atoms with Gasteiger partial charge in [0, 0.05) is 5.69 Å². The summed E-state index contributed by atoms with van der Waals surface area (Å²) in [7, 11) is 0. The van der Waals surface area contributed by atoms with Crippen LogP contribution in [0.2, 0.25) is 0 Å². The predicted octanol–water partition coefficient (Wildman–Crippen LogP) is 2.66. The third-order valence-electron chi connectivity index (χ3n) is 2.75. The van der Waals surface area contributed by atoms with Crippen molar-refractivity contribution >= 4 is 11.6 Å². The summed E-state index contributed by atoms with van der Waals surface area (Å²) >= 11 is 0. The minimum atomic E-state index is -0.328. The normalized spacial score (nSPS) is 10.2. The van der Waals surface area contributed by atoms with Crippen molar-refractivity contribution in [1.29, 1.82) is 5.26 Å². The van der Waals surface area contributed by atoms with Gasteiger partial charge in [0.25, 0.3) is 5.91 Å². The number of H-pyrrole nitrogens is 1. The van der Waals surface area contributed by atoms with Gasteiger partial charge in [0.15, 0.2) is 5.69 Å². The molecule has 0 aliphatic heterocycles. The Hall–Kier alpha value is -2.61. The highest BCUT2D eigenvalue weighted by molar-refractivity contribution is 6.03. The van der Waals surface area contributed by atoms with Gasteiger partial charge in [-0.3, -0.25) is 9.89 Å². The Morgan fingerprint density at radius 3 is 2.79 bits per heavy atom. The van der Waals surface area contributed by atoms with Crippen LogP contribution < -0.4 is 5.32 Å². The minimum Gasteiger partial charge on any atom is -0.319 e. The topological polar surface area (TPSA) is 81.6 Å². The van der Waals surface area contributed by atoms with E-state index in [2.05, 4.69) is 15.5 Å². The van der Waals surface area contributed by atoms with Gasteiger partial charge in [-0.2, -0.15) is 10.4 Å². The summed E-state index contributed by atoms with van der Waals surface area (Å²) in [4.78, 5) is 12.0. The van der Waals surface area contributed by atoms with Crippen molar-refractivity contribution in [2.24, 2.45) is 0 Å². The van der Waals surface area contributed by atoms with E-state index < -0.39 is 0 Å². The van der Waals surface area contributed by atoms with Gasteiger partial charge in [0.05, 0.1) is 11.3 Å². The highest BCUT2D eigenvalue weighted by Gasteiger charge is 2.13. The molecule has 2 aromatic rings. The number of aromatic nitrogens is 2. The van der Waals surface area contributed by atoms with E-state index in [4.69, 9.17) is 5.26 Å². The fourth-order valence-electron chi connectivity index (χ4n) is 1.62. The number of benzene rings is 1. The first kappa shape index (κ1) is 12.8. The molecule has 1 amide bonds. The van der Waals surface area contributed by atoms with Gasteiger partial charge in [-0.1, -0.05) is 26.0 Å². The third kappa shape index (κ3) is 2.80. The molecule has 0 radical (unpaired) electrons. The molecule has 0 fully saturated rings. The molecule has 5 nitrogen and oxygen atoms in total. The van der Waals surface area contributed by atoms with E-state index in [0.717, 1.165) is 5.69 Å². The first-order valence-corrected chi connectivity index (χ1v) is 5.97. The predicted molar refractivity (Wildman–Crippen MR) is 71.8 cm³/mol. The molecule has 0 spiro atoms. The first-order valence-electron chi connectivity index (χ1n) is 5.97. The fraction of sp³-hybridized carbons (Fsp3) is 0.214. The molecule has 2 rings (SSSR count). The van der Waals surface area contributed by atoms with E-state index in [0.29, 0.717) is 16.9 Å². The van der Waals surface area contributed by atoms with Crippen LogP contribution in [0.4, 0.5) is 5.69 Å².